The Morgan fingerprint density at radius 1 is 1.22 bits per heavy atom. The number of esters is 1. The van der Waals surface area contributed by atoms with Crippen molar-refractivity contribution in [1.29, 1.82) is 0 Å². The molecular weight excluding hydrogens is 519 g/mol. The molecule has 0 bridgehead atoms. The number of alkyl halides is 1. The predicted molar refractivity (Wildman–Crippen MR) is 146 cm³/mol. The minimum atomic E-state index is -1.98. The van der Waals surface area contributed by atoms with Crippen LogP contribution in [-0.2, 0) is 19.1 Å². The predicted octanol–water partition coefficient (Wildman–Crippen LogP) is 5.22. The smallest absolute Gasteiger partial charge is 0.316 e. The first-order chi connectivity index (χ1) is 16.9. The standard InChI is InChI=1S/C27H37FO5S3/c1-6-35-36-14-22(31)27(33-23(32)15-34-5)16(2)11-20-19-8-7-17-12-18(29)9-10-24(17,3)26(19,28)21(30)13-25(20,27)4/h9-10,12,16,19-21,30H,6-8,11,13-15H2,1-5H3/t16-,19-,20-,21-,24-,25-,26-,27-/m0/s1. The van der Waals surface area contributed by atoms with Gasteiger partial charge >= 0.3 is 5.97 Å². The summed E-state index contributed by atoms with van der Waals surface area (Å²) in [5, 5.41) is 11.6. The van der Waals surface area contributed by atoms with Gasteiger partial charge in [-0.05, 0) is 56.9 Å². The van der Waals surface area contributed by atoms with E-state index >= 15 is 4.39 Å². The fourth-order valence-electron chi connectivity index (χ4n) is 8.01. The van der Waals surface area contributed by atoms with Crippen molar-refractivity contribution >= 4 is 50.9 Å². The molecule has 0 unspecified atom stereocenters. The molecule has 0 heterocycles. The number of carbonyl (C=O) groups is 3. The Balaban J connectivity index is 1.79. The van der Waals surface area contributed by atoms with Crippen LogP contribution in [-0.4, -0.2) is 63.5 Å². The van der Waals surface area contributed by atoms with Crippen molar-refractivity contribution < 1.29 is 28.6 Å². The molecule has 8 atom stereocenters. The van der Waals surface area contributed by atoms with Crippen LogP contribution in [0.5, 0.6) is 0 Å². The number of hydrogen-bond donors (Lipinski definition) is 1. The van der Waals surface area contributed by atoms with E-state index in [2.05, 4.69) is 0 Å². The Morgan fingerprint density at radius 2 is 1.94 bits per heavy atom. The van der Waals surface area contributed by atoms with Crippen LogP contribution in [0.25, 0.3) is 0 Å². The van der Waals surface area contributed by atoms with Crippen LogP contribution in [0.1, 0.15) is 53.4 Å². The molecule has 0 aromatic heterocycles. The maximum absolute atomic E-state index is 17.4. The Hall–Kier alpha value is -0.770. The maximum Gasteiger partial charge on any atom is 0.316 e. The molecule has 9 heteroatoms. The quantitative estimate of drug-likeness (QED) is 0.248. The zero-order valence-electron chi connectivity index (χ0n) is 21.7. The van der Waals surface area contributed by atoms with E-state index in [1.165, 1.54) is 34.7 Å². The highest BCUT2D eigenvalue weighted by Gasteiger charge is 2.77. The average Bonchev–Trinajstić information content (AvgIpc) is 3.03. The van der Waals surface area contributed by atoms with Gasteiger partial charge in [0, 0.05) is 28.4 Å². The number of hydrogen-bond acceptors (Lipinski definition) is 8. The Bertz CT molecular complexity index is 1000. The molecular formula is C27H37FO5S3. The monoisotopic (exact) mass is 556 g/mol. The summed E-state index contributed by atoms with van der Waals surface area (Å²) in [7, 11) is 3.03. The van der Waals surface area contributed by atoms with E-state index in [0.717, 1.165) is 11.3 Å². The molecule has 4 aliphatic carbocycles. The summed E-state index contributed by atoms with van der Waals surface area (Å²) in [6.07, 6.45) is 6.61. The second kappa shape index (κ2) is 10.1. The SMILES string of the molecule is CCSSCC(=O)[C@@]1(OC(=O)CSC)[C@@H](C)C[C@H]2[C@@H]3CCC4=CC(=O)C=C[C@]4(C)[C@@]3(F)[C@@H](O)C[C@@]21C. The number of thioether (sulfide) groups is 1. The van der Waals surface area contributed by atoms with Crippen molar-refractivity contribution in [2.45, 2.75) is 70.8 Å². The van der Waals surface area contributed by atoms with E-state index in [4.69, 9.17) is 4.74 Å². The number of Topliss-reactive ketones (excluding diaryl/α,β-unsaturated/α-hetero) is 1. The summed E-state index contributed by atoms with van der Waals surface area (Å²) >= 11 is 1.34. The van der Waals surface area contributed by atoms with E-state index < -0.39 is 40.1 Å². The molecule has 0 aromatic carbocycles. The lowest BCUT2D eigenvalue weighted by Gasteiger charge is -2.62. The van der Waals surface area contributed by atoms with Gasteiger partial charge in [0.25, 0.3) is 0 Å². The topological polar surface area (TPSA) is 80.7 Å². The number of allylic oxidation sites excluding steroid dienone is 4. The number of aliphatic hydroxyl groups is 1. The maximum atomic E-state index is 17.4. The second-order valence-corrected chi connectivity index (χ2v) is 14.8. The lowest BCUT2D eigenvalue weighted by molar-refractivity contribution is -0.226. The number of ketones is 2. The van der Waals surface area contributed by atoms with Crippen LogP contribution in [0.2, 0.25) is 0 Å². The fraction of sp³-hybridized carbons (Fsp3) is 0.741. The van der Waals surface area contributed by atoms with Gasteiger partial charge in [0.15, 0.2) is 22.8 Å². The minimum absolute atomic E-state index is 0.0174. The van der Waals surface area contributed by atoms with Crippen molar-refractivity contribution in [2.75, 3.05) is 23.5 Å². The third-order valence-corrected chi connectivity index (χ3v) is 12.4. The van der Waals surface area contributed by atoms with Gasteiger partial charge < -0.3 is 9.84 Å². The van der Waals surface area contributed by atoms with Crippen molar-refractivity contribution in [3.05, 3.63) is 23.8 Å². The van der Waals surface area contributed by atoms with Gasteiger partial charge in [-0.25, -0.2) is 4.39 Å². The number of rotatable bonds is 8. The largest absolute Gasteiger partial charge is 0.449 e. The molecule has 3 saturated carbocycles. The van der Waals surface area contributed by atoms with Crippen molar-refractivity contribution in [3.63, 3.8) is 0 Å². The minimum Gasteiger partial charge on any atom is -0.449 e. The van der Waals surface area contributed by atoms with Crippen LogP contribution in [0.15, 0.2) is 23.8 Å². The summed E-state index contributed by atoms with van der Waals surface area (Å²) < 4.78 is 23.6. The first-order valence-electron chi connectivity index (χ1n) is 12.7. The van der Waals surface area contributed by atoms with E-state index in [1.54, 1.807) is 23.8 Å². The van der Waals surface area contributed by atoms with Gasteiger partial charge in [-0.3, -0.25) is 14.4 Å². The summed E-state index contributed by atoms with van der Waals surface area (Å²) in [5.74, 6) is -0.660. The first kappa shape index (κ1) is 28.2. The van der Waals surface area contributed by atoms with E-state index in [1.807, 2.05) is 27.0 Å². The molecule has 4 aliphatic rings. The third kappa shape index (κ3) is 3.89. The highest BCUT2D eigenvalue weighted by Crippen LogP contribution is 2.71. The number of carbonyl (C=O) groups excluding carboxylic acids is 3. The zero-order chi connectivity index (χ0) is 26.5. The van der Waals surface area contributed by atoms with E-state index in [-0.39, 0.29) is 41.3 Å². The summed E-state index contributed by atoms with van der Waals surface area (Å²) in [6, 6.07) is 0. The lowest BCUT2D eigenvalue weighted by Crippen LogP contribution is -2.70. The first-order valence-corrected chi connectivity index (χ1v) is 16.6. The lowest BCUT2D eigenvalue weighted by atomic mass is 9.44. The molecule has 0 spiro atoms. The van der Waals surface area contributed by atoms with Gasteiger partial charge in [-0.15, -0.1) is 0 Å². The second-order valence-electron chi connectivity index (χ2n) is 11.1. The van der Waals surface area contributed by atoms with Gasteiger partial charge in [0.05, 0.1) is 17.6 Å². The van der Waals surface area contributed by atoms with Crippen LogP contribution in [0, 0.1) is 28.6 Å². The molecule has 3 fully saturated rings. The molecule has 0 saturated heterocycles. The average molecular weight is 557 g/mol. The van der Waals surface area contributed by atoms with E-state index in [0.29, 0.717) is 19.3 Å². The van der Waals surface area contributed by atoms with E-state index in [9.17, 15) is 19.5 Å². The van der Waals surface area contributed by atoms with Gasteiger partial charge in [-0.2, -0.15) is 11.8 Å². The third-order valence-electron chi connectivity index (χ3n) is 9.52. The molecule has 0 radical (unpaired) electrons. The summed E-state index contributed by atoms with van der Waals surface area (Å²) in [5.41, 5.74) is -4.66. The highest BCUT2D eigenvalue weighted by atomic mass is 33.1. The number of ether oxygens (including phenoxy) is 1. The van der Waals surface area contributed by atoms with Crippen molar-refractivity contribution in [2.24, 2.45) is 28.6 Å². The molecule has 5 nitrogen and oxygen atoms in total. The molecule has 0 aromatic rings. The number of halogens is 1. The van der Waals surface area contributed by atoms with Crippen molar-refractivity contribution in [1.82, 2.24) is 0 Å². The summed E-state index contributed by atoms with van der Waals surface area (Å²) in [6.45, 7) is 7.67. The van der Waals surface area contributed by atoms with Gasteiger partial charge in [-0.1, -0.05) is 54.0 Å². The Morgan fingerprint density at radius 3 is 2.61 bits per heavy atom. The van der Waals surface area contributed by atoms with Crippen LogP contribution in [0.3, 0.4) is 0 Å². The number of aliphatic hydroxyl groups excluding tert-OH is 1. The van der Waals surface area contributed by atoms with Crippen LogP contribution < -0.4 is 0 Å². The molecule has 0 amide bonds. The highest BCUT2D eigenvalue weighted by molar-refractivity contribution is 8.76. The Labute approximate surface area is 225 Å². The summed E-state index contributed by atoms with van der Waals surface area (Å²) in [4.78, 5) is 38.9. The Kier molecular flexibility index (Phi) is 7.91. The van der Waals surface area contributed by atoms with Gasteiger partial charge in [0.2, 0.25) is 0 Å². The number of fused-ring (bicyclic) bond motifs is 5. The molecule has 36 heavy (non-hydrogen) atoms. The van der Waals surface area contributed by atoms with Crippen molar-refractivity contribution in [3.8, 4) is 0 Å². The molecule has 0 aliphatic heterocycles. The fourth-order valence-corrected chi connectivity index (χ4v) is 9.95. The molecule has 1 N–H and O–H groups in total. The van der Waals surface area contributed by atoms with Crippen LogP contribution in [0.4, 0.5) is 4.39 Å². The zero-order valence-corrected chi connectivity index (χ0v) is 24.1. The van der Waals surface area contributed by atoms with Crippen LogP contribution >= 0.6 is 33.3 Å². The molecule has 4 rings (SSSR count). The normalized spacial score (nSPS) is 43.3. The van der Waals surface area contributed by atoms with Gasteiger partial charge in [0.1, 0.15) is 0 Å². The molecule has 200 valence electrons.